The highest BCUT2D eigenvalue weighted by molar-refractivity contribution is 6.41. The van der Waals surface area contributed by atoms with Crippen LogP contribution < -0.4 is 14.2 Å². The molecule has 0 atom stereocenters. The highest BCUT2D eigenvalue weighted by atomic mass is 16.6. The Hall–Kier alpha value is -11.3. The van der Waals surface area contributed by atoms with E-state index in [1.165, 1.54) is 18.2 Å². The van der Waals surface area contributed by atoms with Crippen molar-refractivity contribution in [2.24, 2.45) is 0 Å². The SMILES string of the molecule is CCC(COCCOC(=O)C(=O)c1ccc2c(c1)C(C)(C)c1cc(C(=O)c3ccccc3)ccc1O2)(COCCOC(=O)C(=O)c1ccc2c(c1)C(C)(C)c1cc(C(=O)c3ccccc3)ccc1O2)OCCOC(=O)C(=O)c1ccc2c(c1)C(C)(C)c1cc(C(=O)c3ccccc3)ccc1O2. The molecule has 512 valence electrons. The molecule has 18 heteroatoms. The second-order valence-corrected chi connectivity index (χ2v) is 26.4. The van der Waals surface area contributed by atoms with Gasteiger partial charge in [-0.2, -0.15) is 0 Å². The summed E-state index contributed by atoms with van der Waals surface area (Å²) in [5, 5.41) is 0. The number of Topliss-reactive ketones (excluding diaryl/α,β-unsaturated/α-hetero) is 3. The Bertz CT molecular complexity index is 4580. The summed E-state index contributed by atoms with van der Waals surface area (Å²) in [5.74, 6) is -3.60. The van der Waals surface area contributed by atoms with Crippen molar-refractivity contribution in [3.8, 4) is 34.5 Å². The first-order chi connectivity index (χ1) is 48.5. The minimum absolute atomic E-state index is 0.0432. The summed E-state index contributed by atoms with van der Waals surface area (Å²) >= 11 is 0. The zero-order chi connectivity index (χ0) is 71.4. The van der Waals surface area contributed by atoms with E-state index >= 15 is 0 Å². The number of rotatable bonds is 27. The molecule has 0 radical (unpaired) electrons. The molecule has 12 rings (SSSR count). The lowest BCUT2D eigenvalue weighted by Gasteiger charge is -2.35. The summed E-state index contributed by atoms with van der Waals surface area (Å²) in [4.78, 5) is 122. The molecule has 0 bridgehead atoms. The van der Waals surface area contributed by atoms with Gasteiger partial charge in [0.25, 0.3) is 17.3 Å². The second kappa shape index (κ2) is 28.9. The van der Waals surface area contributed by atoms with Crippen molar-refractivity contribution in [1.82, 2.24) is 0 Å². The maximum atomic E-state index is 13.8. The van der Waals surface area contributed by atoms with Crippen LogP contribution >= 0.6 is 0 Å². The molecule has 3 aliphatic heterocycles. The van der Waals surface area contributed by atoms with Crippen LogP contribution in [-0.4, -0.2) is 111 Å². The third-order valence-electron chi connectivity index (χ3n) is 18.8. The topological polar surface area (TPSA) is 237 Å². The maximum absolute atomic E-state index is 13.8. The molecule has 3 heterocycles. The van der Waals surface area contributed by atoms with Crippen molar-refractivity contribution in [3.63, 3.8) is 0 Å². The van der Waals surface area contributed by atoms with E-state index in [1.54, 1.807) is 171 Å². The first-order valence-corrected chi connectivity index (χ1v) is 33.1. The molecule has 0 N–H and O–H groups in total. The minimum Gasteiger partial charge on any atom is -0.457 e. The van der Waals surface area contributed by atoms with Gasteiger partial charge in [-0.25, -0.2) is 14.4 Å². The summed E-state index contributed by atoms with van der Waals surface area (Å²) < 4.78 is 53.4. The minimum atomic E-state index is -1.31. The fraction of sp³-hybridized carbons (Fsp3) is 0.241. The van der Waals surface area contributed by atoms with Gasteiger partial charge in [0.15, 0.2) is 17.3 Å². The van der Waals surface area contributed by atoms with Crippen molar-refractivity contribution in [2.75, 3.05) is 52.9 Å². The number of ether oxygens (including phenoxy) is 9. The van der Waals surface area contributed by atoms with Crippen LogP contribution in [-0.2, 0) is 59.0 Å². The van der Waals surface area contributed by atoms with Gasteiger partial charge < -0.3 is 42.6 Å². The van der Waals surface area contributed by atoms with E-state index in [2.05, 4.69) is 0 Å². The van der Waals surface area contributed by atoms with Crippen LogP contribution in [0.2, 0.25) is 0 Å². The molecule has 0 saturated heterocycles. The number of fused-ring (bicyclic) bond motifs is 6. The lowest BCUT2D eigenvalue weighted by Crippen LogP contribution is -2.44. The summed E-state index contributed by atoms with van der Waals surface area (Å²) in [6.07, 6.45) is 0.218. The Kier molecular flexibility index (Phi) is 19.9. The molecule has 101 heavy (non-hydrogen) atoms. The van der Waals surface area contributed by atoms with Crippen molar-refractivity contribution in [3.05, 3.63) is 284 Å². The monoisotopic (exact) mass is 1360 g/mol. The lowest BCUT2D eigenvalue weighted by molar-refractivity contribution is -0.161. The van der Waals surface area contributed by atoms with E-state index in [-0.39, 0.29) is 86.7 Å². The fourth-order valence-electron chi connectivity index (χ4n) is 12.8. The molecule has 0 amide bonds. The predicted octanol–water partition coefficient (Wildman–Crippen LogP) is 14.5. The smallest absolute Gasteiger partial charge is 0.379 e. The van der Waals surface area contributed by atoms with E-state index in [0.29, 0.717) is 90.1 Å². The first-order valence-electron chi connectivity index (χ1n) is 33.1. The van der Waals surface area contributed by atoms with Crippen LogP contribution in [0.25, 0.3) is 0 Å². The van der Waals surface area contributed by atoms with E-state index in [1.807, 2.05) is 59.7 Å². The van der Waals surface area contributed by atoms with Crippen LogP contribution in [0.3, 0.4) is 0 Å². The maximum Gasteiger partial charge on any atom is 0.379 e. The van der Waals surface area contributed by atoms with Gasteiger partial charge in [0.05, 0.1) is 33.0 Å². The van der Waals surface area contributed by atoms with Crippen LogP contribution in [0.1, 0.15) is 167 Å². The van der Waals surface area contributed by atoms with E-state index in [0.717, 1.165) is 11.1 Å². The Morgan fingerprint density at radius 3 is 0.822 bits per heavy atom. The van der Waals surface area contributed by atoms with Crippen molar-refractivity contribution in [1.29, 1.82) is 0 Å². The van der Waals surface area contributed by atoms with Crippen LogP contribution in [0.4, 0.5) is 0 Å². The molecule has 0 spiro atoms. The highest BCUT2D eigenvalue weighted by Crippen LogP contribution is 2.51. The summed E-state index contributed by atoms with van der Waals surface area (Å²) in [6.45, 7) is 11.2. The quantitative estimate of drug-likeness (QED) is 0.0153. The van der Waals surface area contributed by atoms with E-state index in [4.69, 9.17) is 42.6 Å². The molecule has 0 unspecified atom stereocenters. The zero-order valence-corrected chi connectivity index (χ0v) is 56.8. The number of hydrogen-bond donors (Lipinski definition) is 0. The summed E-state index contributed by atoms with van der Waals surface area (Å²) in [7, 11) is 0. The molecular formula is C83H72O18. The van der Waals surface area contributed by atoms with Crippen LogP contribution in [0, 0.1) is 0 Å². The third-order valence-corrected chi connectivity index (χ3v) is 18.8. The number of carbonyl (C=O) groups excluding carboxylic acids is 9. The predicted molar refractivity (Wildman–Crippen MR) is 371 cm³/mol. The number of ketones is 6. The Labute approximate surface area is 583 Å². The summed E-state index contributed by atoms with van der Waals surface area (Å²) in [6, 6.07) is 56.4. The second-order valence-electron chi connectivity index (χ2n) is 26.4. The van der Waals surface area contributed by atoms with Crippen molar-refractivity contribution in [2.45, 2.75) is 76.7 Å². The first kappa shape index (κ1) is 69.6. The largest absolute Gasteiger partial charge is 0.457 e. The van der Waals surface area contributed by atoms with E-state index in [9.17, 15) is 43.2 Å². The van der Waals surface area contributed by atoms with Gasteiger partial charge >= 0.3 is 17.9 Å². The van der Waals surface area contributed by atoms with Crippen LogP contribution in [0.15, 0.2) is 200 Å². The van der Waals surface area contributed by atoms with Crippen LogP contribution in [0.5, 0.6) is 34.5 Å². The van der Waals surface area contributed by atoms with Crippen molar-refractivity contribution >= 4 is 52.6 Å². The van der Waals surface area contributed by atoms with Gasteiger partial charge in [0.1, 0.15) is 59.9 Å². The number of hydrogen-bond acceptors (Lipinski definition) is 18. The molecule has 9 aromatic carbocycles. The average molecular weight is 1360 g/mol. The van der Waals surface area contributed by atoms with Gasteiger partial charge in [-0.05, 0) is 116 Å². The van der Waals surface area contributed by atoms with Gasteiger partial charge in [-0.3, -0.25) is 28.8 Å². The molecule has 0 fully saturated rings. The molecular weight excluding hydrogens is 1280 g/mol. The standard InChI is InChI=1S/C83H72O18/c1-8-83(98-41-40-97-79(92)76(89)58-29-35-70-64(47-58)82(6,7)61-44-55(26-32-67(61)101-70)73(86)52-22-16-11-17-23-52,48-93-36-38-95-77(90)74(87)56-27-33-68-62(45-56)80(2,3)59-42-53(24-30-65(59)99-68)71(84)50-18-12-9-13-19-50)49-94-37-39-96-78(91)75(88)57-28-34-69-63(46-57)81(4,5)60-43-54(25-31-66(60)100-69)72(85)51-20-14-10-15-21-51/h9-35,42-47H,8,36-41,48-49H2,1-7H3. The van der Waals surface area contributed by atoms with Gasteiger partial charge in [-0.1, -0.05) is 139 Å². The molecule has 18 nitrogen and oxygen atoms in total. The normalized spacial score (nSPS) is 13.8. The highest BCUT2D eigenvalue weighted by Gasteiger charge is 2.40. The third kappa shape index (κ3) is 14.3. The molecule has 3 aliphatic rings. The van der Waals surface area contributed by atoms with Gasteiger partial charge in [0.2, 0.25) is 0 Å². The van der Waals surface area contributed by atoms with Gasteiger partial charge in [0, 0.05) is 99.7 Å². The Balaban J connectivity index is 0.674. The number of benzene rings is 9. The molecule has 0 aliphatic carbocycles. The molecule has 0 saturated carbocycles. The lowest BCUT2D eigenvalue weighted by atomic mass is 9.74. The fourth-order valence-corrected chi connectivity index (χ4v) is 12.8. The Morgan fingerprint density at radius 1 is 0.307 bits per heavy atom. The Morgan fingerprint density at radius 2 is 0.554 bits per heavy atom. The van der Waals surface area contributed by atoms with Gasteiger partial charge in [-0.15, -0.1) is 0 Å². The average Bonchev–Trinajstić information content (AvgIpc) is 0.755. The molecule has 9 aromatic rings. The number of esters is 3. The number of carbonyl (C=O) groups is 9. The molecule has 0 aromatic heterocycles. The zero-order valence-electron chi connectivity index (χ0n) is 56.8. The van der Waals surface area contributed by atoms with E-state index < -0.39 is 63.7 Å². The van der Waals surface area contributed by atoms with Crippen molar-refractivity contribution < 1.29 is 85.8 Å². The summed E-state index contributed by atoms with van der Waals surface area (Å²) in [5.41, 5.74) is 3.51.